The summed E-state index contributed by atoms with van der Waals surface area (Å²) in [6.45, 7) is 1.55. The topological polar surface area (TPSA) is 90.1 Å². The van der Waals surface area contributed by atoms with Gasteiger partial charge in [0, 0.05) is 11.6 Å². The first-order chi connectivity index (χ1) is 8.94. The molecule has 2 rings (SSSR count). The zero-order valence-corrected chi connectivity index (χ0v) is 11.7. The van der Waals surface area contributed by atoms with Crippen LogP contribution in [0.1, 0.15) is 27.5 Å². The molecule has 0 bridgehead atoms. The van der Waals surface area contributed by atoms with Gasteiger partial charge in [-0.05, 0) is 19.1 Å². The molecule has 1 unspecified atom stereocenters. The van der Waals surface area contributed by atoms with E-state index in [9.17, 15) is 13.2 Å². The van der Waals surface area contributed by atoms with Crippen LogP contribution < -0.4 is 5.73 Å². The zero-order valence-electron chi connectivity index (χ0n) is 10.1. The highest BCUT2D eigenvalue weighted by Crippen LogP contribution is 2.31. The Hall–Kier alpha value is -1.73. The van der Waals surface area contributed by atoms with E-state index in [0.717, 1.165) is 0 Å². The molecule has 0 aliphatic carbocycles. The van der Waals surface area contributed by atoms with Gasteiger partial charge in [-0.2, -0.15) is 0 Å². The van der Waals surface area contributed by atoms with Gasteiger partial charge in [-0.25, -0.2) is 13.4 Å². The van der Waals surface area contributed by atoms with Gasteiger partial charge in [-0.1, -0.05) is 12.1 Å². The number of sulfone groups is 1. The van der Waals surface area contributed by atoms with Crippen molar-refractivity contribution in [2.24, 2.45) is 5.73 Å². The van der Waals surface area contributed by atoms with Crippen molar-refractivity contribution < 1.29 is 13.2 Å². The van der Waals surface area contributed by atoms with Gasteiger partial charge >= 0.3 is 0 Å². The number of thiazole rings is 1. The number of hydrogen-bond donors (Lipinski definition) is 1. The van der Waals surface area contributed by atoms with Crippen LogP contribution in [-0.4, -0.2) is 19.3 Å². The van der Waals surface area contributed by atoms with Gasteiger partial charge in [-0.15, -0.1) is 11.3 Å². The summed E-state index contributed by atoms with van der Waals surface area (Å²) in [5.74, 6) is -0.759. The number of carbonyl (C=O) groups is 1. The van der Waals surface area contributed by atoms with Crippen LogP contribution in [0.3, 0.4) is 0 Å². The summed E-state index contributed by atoms with van der Waals surface area (Å²) in [7, 11) is -3.69. The van der Waals surface area contributed by atoms with Crippen molar-refractivity contribution in [3.05, 3.63) is 46.4 Å². The van der Waals surface area contributed by atoms with Crippen LogP contribution in [0.4, 0.5) is 0 Å². The number of amides is 1. The molecule has 5 nitrogen and oxygen atoms in total. The first kappa shape index (κ1) is 13.7. The molecule has 0 saturated carbocycles. The van der Waals surface area contributed by atoms with Crippen LogP contribution in [0.15, 0.2) is 40.7 Å². The average molecular weight is 296 g/mol. The Labute approximate surface area is 115 Å². The van der Waals surface area contributed by atoms with E-state index in [-0.39, 0.29) is 10.5 Å². The molecule has 0 fully saturated rings. The molecule has 19 heavy (non-hydrogen) atoms. The van der Waals surface area contributed by atoms with Crippen molar-refractivity contribution in [3.63, 3.8) is 0 Å². The van der Waals surface area contributed by atoms with Crippen molar-refractivity contribution in [3.8, 4) is 0 Å². The van der Waals surface area contributed by atoms with Crippen LogP contribution in [0.5, 0.6) is 0 Å². The summed E-state index contributed by atoms with van der Waals surface area (Å²) < 4.78 is 25.0. The SMILES string of the molecule is CC(c1nccs1)S(=O)(=O)c1ccccc1C(N)=O. The highest BCUT2D eigenvalue weighted by molar-refractivity contribution is 7.91. The predicted molar refractivity (Wildman–Crippen MR) is 72.7 cm³/mol. The second-order valence-electron chi connectivity index (χ2n) is 3.92. The summed E-state index contributed by atoms with van der Waals surface area (Å²) in [4.78, 5) is 15.3. The standard InChI is InChI=1S/C12H12N2O3S2/c1-8(12-14-6-7-18-12)19(16,17)10-5-3-2-4-9(10)11(13)15/h2-8H,1H3,(H2,13,15). The van der Waals surface area contributed by atoms with E-state index in [1.807, 2.05) is 0 Å². The Morgan fingerprint density at radius 3 is 2.63 bits per heavy atom. The number of benzene rings is 1. The molecule has 1 atom stereocenters. The number of carbonyl (C=O) groups excluding carboxylic acids is 1. The Kier molecular flexibility index (Phi) is 3.68. The molecule has 0 spiro atoms. The normalized spacial score (nSPS) is 13.1. The lowest BCUT2D eigenvalue weighted by atomic mass is 10.2. The third kappa shape index (κ3) is 2.52. The minimum atomic E-state index is -3.69. The van der Waals surface area contributed by atoms with Crippen molar-refractivity contribution in [2.45, 2.75) is 17.1 Å². The molecule has 2 N–H and O–H groups in total. The van der Waals surface area contributed by atoms with E-state index in [4.69, 9.17) is 5.73 Å². The second kappa shape index (κ2) is 5.10. The van der Waals surface area contributed by atoms with Gasteiger partial charge in [-0.3, -0.25) is 4.79 Å². The minimum Gasteiger partial charge on any atom is -0.366 e. The van der Waals surface area contributed by atoms with E-state index >= 15 is 0 Å². The molecular formula is C12H12N2O3S2. The molecule has 0 radical (unpaired) electrons. The summed E-state index contributed by atoms with van der Waals surface area (Å²) in [6.07, 6.45) is 1.55. The second-order valence-corrected chi connectivity index (χ2v) is 7.08. The monoisotopic (exact) mass is 296 g/mol. The zero-order chi connectivity index (χ0) is 14.0. The fourth-order valence-electron chi connectivity index (χ4n) is 1.68. The maximum atomic E-state index is 12.5. The van der Waals surface area contributed by atoms with E-state index in [2.05, 4.69) is 4.98 Å². The number of nitrogens with zero attached hydrogens (tertiary/aromatic N) is 1. The molecular weight excluding hydrogens is 284 g/mol. The molecule has 0 aliphatic heterocycles. The quantitative estimate of drug-likeness (QED) is 0.931. The predicted octanol–water partition coefficient (Wildman–Crippen LogP) is 1.78. The average Bonchev–Trinajstić information content (AvgIpc) is 2.91. The highest BCUT2D eigenvalue weighted by Gasteiger charge is 2.29. The molecule has 7 heteroatoms. The molecule has 100 valence electrons. The number of aromatic nitrogens is 1. The third-order valence-electron chi connectivity index (χ3n) is 2.72. The van der Waals surface area contributed by atoms with Crippen LogP contribution in [0.25, 0.3) is 0 Å². The van der Waals surface area contributed by atoms with Gasteiger partial charge in [0.1, 0.15) is 10.3 Å². The number of rotatable bonds is 4. The fraction of sp³-hybridized carbons (Fsp3) is 0.167. The lowest BCUT2D eigenvalue weighted by Gasteiger charge is -2.12. The fourth-order valence-corrected chi connectivity index (χ4v) is 4.25. The first-order valence-corrected chi connectivity index (χ1v) is 7.89. The lowest BCUT2D eigenvalue weighted by molar-refractivity contribution is 0.0997. The van der Waals surface area contributed by atoms with E-state index in [1.165, 1.54) is 23.5 Å². The Balaban J connectivity index is 2.55. The Morgan fingerprint density at radius 1 is 1.37 bits per heavy atom. The molecule has 0 aliphatic rings. The van der Waals surface area contributed by atoms with Crippen molar-refractivity contribution >= 4 is 27.1 Å². The van der Waals surface area contributed by atoms with Gasteiger partial charge in [0.05, 0.1) is 10.5 Å². The smallest absolute Gasteiger partial charge is 0.250 e. The maximum Gasteiger partial charge on any atom is 0.250 e. The van der Waals surface area contributed by atoms with Crippen LogP contribution in [-0.2, 0) is 9.84 Å². The van der Waals surface area contributed by atoms with Gasteiger partial charge in [0.25, 0.3) is 0 Å². The third-order valence-corrected chi connectivity index (χ3v) is 5.95. The number of hydrogen-bond acceptors (Lipinski definition) is 5. The summed E-state index contributed by atoms with van der Waals surface area (Å²) >= 11 is 1.26. The van der Waals surface area contributed by atoms with E-state index in [1.54, 1.807) is 30.6 Å². The van der Waals surface area contributed by atoms with Crippen molar-refractivity contribution in [2.75, 3.05) is 0 Å². The van der Waals surface area contributed by atoms with Crippen molar-refractivity contribution in [1.82, 2.24) is 4.98 Å². The van der Waals surface area contributed by atoms with Crippen LogP contribution in [0.2, 0.25) is 0 Å². The number of primary amides is 1. The lowest BCUT2D eigenvalue weighted by Crippen LogP contribution is -2.19. The van der Waals surface area contributed by atoms with Crippen LogP contribution >= 0.6 is 11.3 Å². The van der Waals surface area contributed by atoms with Gasteiger partial charge < -0.3 is 5.73 Å². The molecule has 1 aromatic carbocycles. The highest BCUT2D eigenvalue weighted by atomic mass is 32.2. The largest absolute Gasteiger partial charge is 0.366 e. The summed E-state index contributed by atoms with van der Waals surface area (Å²) in [5.41, 5.74) is 5.22. The summed E-state index contributed by atoms with van der Waals surface area (Å²) in [6, 6.07) is 5.93. The van der Waals surface area contributed by atoms with E-state index < -0.39 is 21.0 Å². The Bertz CT molecular complexity index is 694. The molecule has 2 aromatic rings. The molecule has 1 amide bonds. The molecule has 1 heterocycles. The van der Waals surface area contributed by atoms with E-state index in [0.29, 0.717) is 5.01 Å². The van der Waals surface area contributed by atoms with Gasteiger partial charge in [0.15, 0.2) is 9.84 Å². The summed E-state index contributed by atoms with van der Waals surface area (Å²) in [5, 5.41) is 1.38. The number of nitrogens with two attached hydrogens (primary N) is 1. The maximum absolute atomic E-state index is 12.5. The molecule has 0 saturated heterocycles. The Morgan fingerprint density at radius 2 is 2.05 bits per heavy atom. The van der Waals surface area contributed by atoms with Gasteiger partial charge in [0.2, 0.25) is 5.91 Å². The minimum absolute atomic E-state index is 0.00547. The first-order valence-electron chi connectivity index (χ1n) is 5.46. The molecule has 1 aromatic heterocycles. The van der Waals surface area contributed by atoms with Crippen molar-refractivity contribution in [1.29, 1.82) is 0 Å². The van der Waals surface area contributed by atoms with Crippen LogP contribution in [0, 0.1) is 0 Å².